The van der Waals surface area contributed by atoms with Crippen molar-refractivity contribution in [3.8, 4) is 0 Å². The Morgan fingerprint density at radius 2 is 2.29 bits per heavy atom. The van der Waals surface area contributed by atoms with Gasteiger partial charge in [0, 0.05) is 28.9 Å². The maximum atomic E-state index is 12.0. The molecule has 0 spiro atoms. The minimum absolute atomic E-state index is 0.0115. The Morgan fingerprint density at radius 3 is 2.88 bits per heavy atom. The summed E-state index contributed by atoms with van der Waals surface area (Å²) < 4.78 is 11.2. The summed E-state index contributed by atoms with van der Waals surface area (Å²) >= 11 is 0. The van der Waals surface area contributed by atoms with Crippen LogP contribution in [0.3, 0.4) is 0 Å². The van der Waals surface area contributed by atoms with Crippen molar-refractivity contribution in [1.29, 1.82) is 0 Å². The SMILES string of the molecule is CCCCC1NCN(CCC(C)S(C)=O)C1=O. The van der Waals surface area contributed by atoms with E-state index in [0.717, 1.165) is 32.2 Å². The minimum Gasteiger partial charge on any atom is -0.329 e. The van der Waals surface area contributed by atoms with Crippen LogP contribution in [-0.2, 0) is 15.6 Å². The summed E-state index contributed by atoms with van der Waals surface area (Å²) in [5.41, 5.74) is 0. The van der Waals surface area contributed by atoms with E-state index in [1.807, 2.05) is 11.8 Å². The zero-order valence-electron chi connectivity index (χ0n) is 11.1. The van der Waals surface area contributed by atoms with E-state index in [1.165, 1.54) is 0 Å². The molecule has 17 heavy (non-hydrogen) atoms. The number of nitrogens with zero attached hydrogens (tertiary/aromatic N) is 1. The van der Waals surface area contributed by atoms with E-state index in [9.17, 15) is 9.00 Å². The summed E-state index contributed by atoms with van der Waals surface area (Å²) in [6.45, 7) is 5.47. The Hall–Kier alpha value is -0.420. The van der Waals surface area contributed by atoms with Gasteiger partial charge in [-0.25, -0.2) is 0 Å². The Balaban J connectivity index is 2.32. The van der Waals surface area contributed by atoms with Crippen LogP contribution in [0.15, 0.2) is 0 Å². The number of hydrogen-bond acceptors (Lipinski definition) is 3. The Bertz CT molecular complexity index is 284. The van der Waals surface area contributed by atoms with Crippen LogP contribution < -0.4 is 5.32 Å². The van der Waals surface area contributed by atoms with Crippen molar-refractivity contribution >= 4 is 16.7 Å². The molecule has 1 rings (SSSR count). The van der Waals surface area contributed by atoms with Crippen LogP contribution in [0.25, 0.3) is 0 Å². The van der Waals surface area contributed by atoms with Crippen LogP contribution in [0.2, 0.25) is 0 Å². The molecule has 100 valence electrons. The van der Waals surface area contributed by atoms with E-state index in [2.05, 4.69) is 12.2 Å². The number of hydrogen-bond donors (Lipinski definition) is 1. The summed E-state index contributed by atoms with van der Waals surface area (Å²) in [6.07, 6.45) is 5.68. The number of carbonyl (C=O) groups excluding carboxylic acids is 1. The smallest absolute Gasteiger partial charge is 0.240 e. The molecular weight excluding hydrogens is 236 g/mol. The number of unbranched alkanes of at least 4 members (excludes halogenated alkanes) is 1. The van der Waals surface area contributed by atoms with Gasteiger partial charge in [-0.1, -0.05) is 26.7 Å². The van der Waals surface area contributed by atoms with Crippen molar-refractivity contribution in [2.75, 3.05) is 19.5 Å². The summed E-state index contributed by atoms with van der Waals surface area (Å²) in [5.74, 6) is 0.215. The van der Waals surface area contributed by atoms with E-state index in [-0.39, 0.29) is 17.2 Å². The molecule has 0 aliphatic carbocycles. The highest BCUT2D eigenvalue weighted by Gasteiger charge is 2.30. The fraction of sp³-hybridized carbons (Fsp3) is 0.917. The maximum Gasteiger partial charge on any atom is 0.240 e. The van der Waals surface area contributed by atoms with E-state index in [1.54, 1.807) is 6.26 Å². The fourth-order valence-corrected chi connectivity index (χ4v) is 2.37. The Morgan fingerprint density at radius 1 is 1.59 bits per heavy atom. The predicted molar refractivity (Wildman–Crippen MR) is 71.2 cm³/mol. The quantitative estimate of drug-likeness (QED) is 0.745. The van der Waals surface area contributed by atoms with Crippen molar-refractivity contribution in [3.05, 3.63) is 0 Å². The highest BCUT2D eigenvalue weighted by atomic mass is 32.2. The van der Waals surface area contributed by atoms with Crippen molar-refractivity contribution in [3.63, 3.8) is 0 Å². The van der Waals surface area contributed by atoms with Crippen molar-refractivity contribution in [2.45, 2.75) is 50.8 Å². The van der Waals surface area contributed by atoms with Gasteiger partial charge in [0.15, 0.2) is 0 Å². The van der Waals surface area contributed by atoms with Crippen molar-refractivity contribution in [1.82, 2.24) is 10.2 Å². The molecule has 4 nitrogen and oxygen atoms in total. The van der Waals surface area contributed by atoms with Crippen LogP contribution in [-0.4, -0.2) is 45.8 Å². The van der Waals surface area contributed by atoms with E-state index in [0.29, 0.717) is 6.67 Å². The standard InChI is InChI=1S/C12H24N2O2S/c1-4-5-6-11-12(15)14(9-13-11)8-7-10(2)17(3)16/h10-11,13H,4-9H2,1-3H3. The molecule has 0 radical (unpaired) electrons. The molecule has 1 amide bonds. The van der Waals surface area contributed by atoms with Gasteiger partial charge < -0.3 is 4.90 Å². The normalized spacial score (nSPS) is 24.1. The highest BCUT2D eigenvalue weighted by molar-refractivity contribution is 7.84. The molecule has 3 unspecified atom stereocenters. The third-order valence-corrected chi connectivity index (χ3v) is 4.73. The topological polar surface area (TPSA) is 49.4 Å². The first-order valence-corrected chi connectivity index (χ1v) is 8.02. The summed E-state index contributed by atoms with van der Waals surface area (Å²) in [6, 6.07) is 0.0115. The van der Waals surface area contributed by atoms with Gasteiger partial charge in [-0.3, -0.25) is 14.3 Å². The maximum absolute atomic E-state index is 12.0. The molecule has 0 aromatic rings. The molecule has 3 atom stereocenters. The van der Waals surface area contributed by atoms with Crippen LogP contribution in [0.4, 0.5) is 0 Å². The van der Waals surface area contributed by atoms with Gasteiger partial charge in [0.25, 0.3) is 0 Å². The van der Waals surface area contributed by atoms with Crippen LogP contribution in [0, 0.1) is 0 Å². The molecule has 1 saturated heterocycles. The molecule has 1 aliphatic heterocycles. The van der Waals surface area contributed by atoms with Crippen LogP contribution in [0.1, 0.15) is 39.5 Å². The van der Waals surface area contributed by atoms with Gasteiger partial charge >= 0.3 is 0 Å². The summed E-state index contributed by atoms with van der Waals surface area (Å²) in [7, 11) is -0.793. The molecular formula is C12H24N2O2S. The van der Waals surface area contributed by atoms with E-state index >= 15 is 0 Å². The average Bonchev–Trinajstić information content (AvgIpc) is 2.64. The lowest BCUT2D eigenvalue weighted by atomic mass is 10.1. The third kappa shape index (κ3) is 4.39. The zero-order valence-corrected chi connectivity index (χ0v) is 11.9. The molecule has 1 N–H and O–H groups in total. The van der Waals surface area contributed by atoms with E-state index < -0.39 is 10.8 Å². The van der Waals surface area contributed by atoms with Crippen LogP contribution >= 0.6 is 0 Å². The molecule has 1 heterocycles. The lowest BCUT2D eigenvalue weighted by Crippen LogP contribution is -2.32. The Kier molecular flexibility index (Phi) is 6.12. The molecule has 5 heteroatoms. The van der Waals surface area contributed by atoms with Gasteiger partial charge in [0.05, 0.1) is 12.7 Å². The monoisotopic (exact) mass is 260 g/mol. The zero-order chi connectivity index (χ0) is 12.8. The largest absolute Gasteiger partial charge is 0.329 e. The number of carbonyl (C=O) groups is 1. The molecule has 0 saturated carbocycles. The average molecular weight is 260 g/mol. The minimum atomic E-state index is -0.793. The number of amides is 1. The first kappa shape index (κ1) is 14.6. The van der Waals surface area contributed by atoms with Gasteiger partial charge in [0.1, 0.15) is 0 Å². The second kappa shape index (κ2) is 7.11. The summed E-state index contributed by atoms with van der Waals surface area (Å²) in [5, 5.41) is 3.41. The fourth-order valence-electron chi connectivity index (χ4n) is 1.93. The number of rotatable bonds is 7. The molecule has 0 aromatic heterocycles. The second-order valence-electron chi connectivity index (χ2n) is 4.76. The second-order valence-corrected chi connectivity index (χ2v) is 6.56. The molecule has 1 fully saturated rings. The summed E-state index contributed by atoms with van der Waals surface area (Å²) in [4.78, 5) is 13.8. The van der Waals surface area contributed by atoms with Gasteiger partial charge in [-0.05, 0) is 12.8 Å². The van der Waals surface area contributed by atoms with Crippen molar-refractivity contribution < 1.29 is 9.00 Å². The molecule has 0 aromatic carbocycles. The molecule has 0 bridgehead atoms. The van der Waals surface area contributed by atoms with Crippen molar-refractivity contribution in [2.24, 2.45) is 0 Å². The number of nitrogens with one attached hydrogen (secondary N) is 1. The third-order valence-electron chi connectivity index (χ3n) is 3.36. The predicted octanol–water partition coefficient (Wildman–Crippen LogP) is 1.09. The Labute approximate surface area is 107 Å². The first-order valence-electron chi connectivity index (χ1n) is 6.40. The van der Waals surface area contributed by atoms with Gasteiger partial charge in [-0.15, -0.1) is 0 Å². The first-order chi connectivity index (χ1) is 8.06. The van der Waals surface area contributed by atoms with Crippen LogP contribution in [0.5, 0.6) is 0 Å². The molecule has 1 aliphatic rings. The van der Waals surface area contributed by atoms with E-state index in [4.69, 9.17) is 0 Å². The highest BCUT2D eigenvalue weighted by Crippen LogP contribution is 2.12. The van der Waals surface area contributed by atoms with Gasteiger partial charge in [-0.2, -0.15) is 0 Å². The lowest BCUT2D eigenvalue weighted by Gasteiger charge is -2.17. The lowest BCUT2D eigenvalue weighted by molar-refractivity contribution is -0.129. The van der Waals surface area contributed by atoms with Gasteiger partial charge in [0.2, 0.25) is 5.91 Å².